The summed E-state index contributed by atoms with van der Waals surface area (Å²) in [5, 5.41) is 25.4. The smallest absolute Gasteiger partial charge is 0.191 e. The molecule has 1 atom stereocenters. The number of hydrogen-bond acceptors (Lipinski definition) is 5. The Morgan fingerprint density at radius 2 is 2.07 bits per heavy atom. The molecule has 0 aliphatic rings. The summed E-state index contributed by atoms with van der Waals surface area (Å²) >= 11 is 12.0. The van der Waals surface area contributed by atoms with Crippen LogP contribution in [-0.4, -0.2) is 51.5 Å². The predicted octanol–water partition coefficient (Wildman–Crippen LogP) is 2.53. The first-order valence-corrected chi connectivity index (χ1v) is 9.89. The topological polar surface area (TPSA) is 96.1 Å². The maximum atomic E-state index is 10.2. The highest BCUT2D eigenvalue weighted by molar-refractivity contribution is 6.42. The lowest BCUT2D eigenvalue weighted by atomic mass is 10.3. The number of aromatic nitrogens is 3. The van der Waals surface area contributed by atoms with E-state index in [1.165, 1.54) is 0 Å². The number of aliphatic hydroxyl groups is 1. The maximum absolute atomic E-state index is 10.2. The van der Waals surface area contributed by atoms with Crippen molar-refractivity contribution < 1.29 is 9.84 Å². The number of nitrogens with zero attached hydrogens (tertiary/aromatic N) is 4. The number of benzene rings is 1. The monoisotopic (exact) mass is 436 g/mol. The first-order valence-electron chi connectivity index (χ1n) is 9.14. The average Bonchev–Trinajstić information content (AvgIpc) is 3.14. The number of fused-ring (bicyclic) bond motifs is 1. The van der Waals surface area contributed by atoms with Gasteiger partial charge in [-0.1, -0.05) is 35.3 Å². The fraction of sp³-hybridized carbons (Fsp3) is 0.316. The van der Waals surface area contributed by atoms with Crippen molar-refractivity contribution in [2.75, 3.05) is 19.7 Å². The maximum Gasteiger partial charge on any atom is 0.191 e. The lowest BCUT2D eigenvalue weighted by Gasteiger charge is -2.16. The number of nitrogens with one attached hydrogen (secondary N) is 2. The van der Waals surface area contributed by atoms with E-state index in [2.05, 4.69) is 25.8 Å². The molecule has 2 aromatic heterocycles. The summed E-state index contributed by atoms with van der Waals surface area (Å²) in [5.41, 5.74) is 0.767. The van der Waals surface area contributed by atoms with E-state index in [4.69, 9.17) is 27.9 Å². The number of aliphatic imine (C=N–C) groups is 1. The second-order valence-corrected chi connectivity index (χ2v) is 6.92. The SMILES string of the molecule is CCNC(=NCc1nnc2ccccn12)NCC(O)COc1cccc(Cl)c1Cl. The quantitative estimate of drug-likeness (QED) is 0.370. The minimum absolute atomic E-state index is 0.0568. The number of pyridine rings is 1. The van der Waals surface area contributed by atoms with E-state index in [-0.39, 0.29) is 13.2 Å². The van der Waals surface area contributed by atoms with E-state index in [1.807, 2.05) is 35.7 Å². The van der Waals surface area contributed by atoms with Gasteiger partial charge in [0.05, 0.1) is 5.02 Å². The van der Waals surface area contributed by atoms with Gasteiger partial charge in [0.25, 0.3) is 0 Å². The number of hydrogen-bond donors (Lipinski definition) is 3. The molecule has 0 saturated carbocycles. The van der Waals surface area contributed by atoms with Crippen molar-refractivity contribution in [1.82, 2.24) is 25.2 Å². The first-order chi connectivity index (χ1) is 14.1. The lowest BCUT2D eigenvalue weighted by Crippen LogP contribution is -2.42. The van der Waals surface area contributed by atoms with E-state index >= 15 is 0 Å². The molecule has 29 heavy (non-hydrogen) atoms. The third-order valence-corrected chi connectivity index (χ3v) is 4.76. The average molecular weight is 437 g/mol. The van der Waals surface area contributed by atoms with Gasteiger partial charge in [0.1, 0.15) is 30.0 Å². The fourth-order valence-electron chi connectivity index (χ4n) is 2.55. The zero-order valence-corrected chi connectivity index (χ0v) is 17.4. The summed E-state index contributed by atoms with van der Waals surface area (Å²) in [6, 6.07) is 10.8. The third kappa shape index (κ3) is 5.72. The Hall–Kier alpha value is -2.55. The summed E-state index contributed by atoms with van der Waals surface area (Å²) < 4.78 is 7.43. The van der Waals surface area contributed by atoms with Gasteiger partial charge >= 0.3 is 0 Å². The molecule has 0 spiro atoms. The van der Waals surface area contributed by atoms with Crippen LogP contribution in [0.3, 0.4) is 0 Å². The van der Waals surface area contributed by atoms with E-state index in [0.717, 1.165) is 11.5 Å². The summed E-state index contributed by atoms with van der Waals surface area (Å²) in [7, 11) is 0. The van der Waals surface area contributed by atoms with Crippen LogP contribution in [0.4, 0.5) is 0 Å². The summed E-state index contributed by atoms with van der Waals surface area (Å²) in [6.07, 6.45) is 1.12. The molecule has 10 heteroatoms. The van der Waals surface area contributed by atoms with Crippen LogP contribution in [0.15, 0.2) is 47.6 Å². The fourth-order valence-corrected chi connectivity index (χ4v) is 2.89. The molecule has 0 radical (unpaired) electrons. The second kappa shape index (κ2) is 10.3. The molecule has 0 saturated heterocycles. The van der Waals surface area contributed by atoms with E-state index in [0.29, 0.717) is 34.8 Å². The molecule has 1 aromatic carbocycles. The third-order valence-electron chi connectivity index (χ3n) is 3.96. The highest BCUT2D eigenvalue weighted by atomic mass is 35.5. The molecule has 3 rings (SSSR count). The van der Waals surface area contributed by atoms with Gasteiger partial charge in [0.2, 0.25) is 0 Å². The molecule has 154 valence electrons. The van der Waals surface area contributed by atoms with Gasteiger partial charge in [-0.15, -0.1) is 10.2 Å². The van der Waals surface area contributed by atoms with Gasteiger partial charge < -0.3 is 20.5 Å². The van der Waals surface area contributed by atoms with Gasteiger partial charge in [-0.05, 0) is 31.2 Å². The van der Waals surface area contributed by atoms with Crippen LogP contribution in [0.2, 0.25) is 10.0 Å². The first kappa shape index (κ1) is 21.2. The van der Waals surface area contributed by atoms with Crippen molar-refractivity contribution in [3.63, 3.8) is 0 Å². The predicted molar refractivity (Wildman–Crippen MR) is 114 cm³/mol. The molecule has 3 N–H and O–H groups in total. The summed E-state index contributed by atoms with van der Waals surface area (Å²) in [6.45, 7) is 3.28. The van der Waals surface area contributed by atoms with Crippen molar-refractivity contribution in [2.24, 2.45) is 4.99 Å². The Bertz CT molecular complexity index is 978. The highest BCUT2D eigenvalue weighted by Gasteiger charge is 2.11. The molecule has 8 nitrogen and oxygen atoms in total. The zero-order valence-electron chi connectivity index (χ0n) is 15.8. The van der Waals surface area contributed by atoms with Gasteiger partial charge in [-0.3, -0.25) is 4.40 Å². The number of ether oxygens (including phenoxy) is 1. The highest BCUT2D eigenvalue weighted by Crippen LogP contribution is 2.31. The Morgan fingerprint density at radius 1 is 1.21 bits per heavy atom. The van der Waals surface area contributed by atoms with E-state index in [9.17, 15) is 5.11 Å². The molecular formula is C19H22Cl2N6O2. The summed E-state index contributed by atoms with van der Waals surface area (Å²) in [5.74, 6) is 1.70. The molecule has 0 aliphatic heterocycles. The van der Waals surface area contributed by atoms with Crippen LogP contribution in [0.5, 0.6) is 5.75 Å². The van der Waals surface area contributed by atoms with Crippen molar-refractivity contribution in [3.8, 4) is 5.75 Å². The Labute approximate surface area is 178 Å². The van der Waals surface area contributed by atoms with Gasteiger partial charge in [-0.2, -0.15) is 0 Å². The molecule has 2 heterocycles. The molecular weight excluding hydrogens is 415 g/mol. The number of rotatable bonds is 8. The van der Waals surface area contributed by atoms with Crippen LogP contribution >= 0.6 is 23.2 Å². The minimum Gasteiger partial charge on any atom is -0.489 e. The molecule has 0 fully saturated rings. The van der Waals surface area contributed by atoms with E-state index in [1.54, 1.807) is 18.2 Å². The Balaban J connectivity index is 1.54. The van der Waals surface area contributed by atoms with Gasteiger partial charge in [0.15, 0.2) is 17.4 Å². The zero-order chi connectivity index (χ0) is 20.6. The number of guanidine groups is 1. The van der Waals surface area contributed by atoms with Crippen molar-refractivity contribution in [3.05, 3.63) is 58.5 Å². The summed E-state index contributed by atoms with van der Waals surface area (Å²) in [4.78, 5) is 4.50. The molecule has 0 amide bonds. The van der Waals surface area contributed by atoms with E-state index < -0.39 is 6.10 Å². The largest absolute Gasteiger partial charge is 0.489 e. The molecule has 0 aliphatic carbocycles. The molecule has 3 aromatic rings. The molecule has 0 bridgehead atoms. The molecule has 1 unspecified atom stereocenters. The Morgan fingerprint density at radius 3 is 2.90 bits per heavy atom. The Kier molecular flexibility index (Phi) is 7.51. The number of halogens is 2. The van der Waals surface area contributed by atoms with Gasteiger partial charge in [-0.25, -0.2) is 4.99 Å². The van der Waals surface area contributed by atoms with Crippen molar-refractivity contribution in [1.29, 1.82) is 0 Å². The van der Waals surface area contributed by atoms with Crippen molar-refractivity contribution >= 4 is 34.8 Å². The lowest BCUT2D eigenvalue weighted by molar-refractivity contribution is 0.110. The van der Waals surface area contributed by atoms with Crippen LogP contribution in [-0.2, 0) is 6.54 Å². The van der Waals surface area contributed by atoms with Crippen LogP contribution in [0.1, 0.15) is 12.7 Å². The van der Waals surface area contributed by atoms with Crippen LogP contribution < -0.4 is 15.4 Å². The standard InChI is InChI=1S/C19H22Cl2N6O2/c1-2-22-19(24-11-17-26-25-16-8-3-4-9-27(16)17)23-10-13(28)12-29-15-7-5-6-14(20)18(15)21/h3-9,13,28H,2,10-12H2,1H3,(H2,22,23,24). The normalized spacial score (nSPS) is 12.8. The minimum atomic E-state index is -0.775. The number of aliphatic hydroxyl groups excluding tert-OH is 1. The second-order valence-electron chi connectivity index (χ2n) is 6.14. The van der Waals surface area contributed by atoms with Crippen LogP contribution in [0, 0.1) is 0 Å². The van der Waals surface area contributed by atoms with Gasteiger partial charge in [0, 0.05) is 19.3 Å². The van der Waals surface area contributed by atoms with Crippen LogP contribution in [0.25, 0.3) is 5.65 Å². The van der Waals surface area contributed by atoms with Crippen molar-refractivity contribution in [2.45, 2.75) is 19.6 Å².